The summed E-state index contributed by atoms with van der Waals surface area (Å²) in [6, 6.07) is 3.03. The summed E-state index contributed by atoms with van der Waals surface area (Å²) in [6.07, 6.45) is 1.44. The third kappa shape index (κ3) is 1.21. The molecule has 1 heterocycles. The maximum absolute atomic E-state index is 13.4. The van der Waals surface area contributed by atoms with Gasteiger partial charge in [-0.3, -0.25) is 4.98 Å². The molecule has 0 unspecified atom stereocenters. The highest BCUT2D eigenvalue weighted by atomic mass is 35.5. The number of anilines is 1. The first kappa shape index (κ1) is 9.21. The first-order chi connectivity index (χ1) is 6.61. The second-order valence-electron chi connectivity index (χ2n) is 3.12. The normalized spacial score (nSPS) is 10.8. The van der Waals surface area contributed by atoms with Crippen molar-refractivity contribution in [1.82, 2.24) is 4.98 Å². The van der Waals surface area contributed by atoms with Crippen molar-refractivity contribution in [2.24, 2.45) is 0 Å². The van der Waals surface area contributed by atoms with Crippen molar-refractivity contribution >= 4 is 28.2 Å². The zero-order chi connectivity index (χ0) is 10.3. The van der Waals surface area contributed by atoms with E-state index >= 15 is 0 Å². The molecule has 2 nitrogen and oxygen atoms in total. The van der Waals surface area contributed by atoms with Gasteiger partial charge in [-0.1, -0.05) is 17.7 Å². The summed E-state index contributed by atoms with van der Waals surface area (Å²) in [4.78, 5) is 4.05. The van der Waals surface area contributed by atoms with E-state index in [1.165, 1.54) is 12.3 Å². The molecule has 4 heteroatoms. The van der Waals surface area contributed by atoms with Gasteiger partial charge in [0, 0.05) is 0 Å². The van der Waals surface area contributed by atoms with Crippen molar-refractivity contribution < 1.29 is 4.39 Å². The van der Waals surface area contributed by atoms with Gasteiger partial charge in [0.05, 0.1) is 27.8 Å². The highest BCUT2D eigenvalue weighted by molar-refractivity contribution is 6.37. The van der Waals surface area contributed by atoms with Crippen LogP contribution in [0.1, 0.15) is 5.56 Å². The molecule has 72 valence electrons. The number of aromatic nitrogens is 1. The zero-order valence-electron chi connectivity index (χ0n) is 7.51. The van der Waals surface area contributed by atoms with Crippen molar-refractivity contribution in [3.8, 4) is 0 Å². The summed E-state index contributed by atoms with van der Waals surface area (Å²) in [5, 5.41) is 0.530. The molecule has 1 aromatic heterocycles. The summed E-state index contributed by atoms with van der Waals surface area (Å²) in [7, 11) is 0. The first-order valence-corrected chi connectivity index (χ1v) is 4.48. The van der Waals surface area contributed by atoms with Crippen LogP contribution in [0.15, 0.2) is 18.3 Å². The van der Waals surface area contributed by atoms with Gasteiger partial charge >= 0.3 is 0 Å². The number of pyridine rings is 1. The molecule has 2 aromatic rings. The van der Waals surface area contributed by atoms with Gasteiger partial charge in [-0.25, -0.2) is 4.39 Å². The second kappa shape index (κ2) is 3.10. The van der Waals surface area contributed by atoms with Crippen LogP contribution in [0.25, 0.3) is 10.9 Å². The van der Waals surface area contributed by atoms with Gasteiger partial charge in [0.2, 0.25) is 0 Å². The lowest BCUT2D eigenvalue weighted by Crippen LogP contribution is -1.93. The highest BCUT2D eigenvalue weighted by Crippen LogP contribution is 2.30. The Balaban J connectivity index is 3.01. The highest BCUT2D eigenvalue weighted by Gasteiger charge is 2.10. The third-order valence-electron chi connectivity index (χ3n) is 2.13. The van der Waals surface area contributed by atoms with E-state index in [9.17, 15) is 4.39 Å². The summed E-state index contributed by atoms with van der Waals surface area (Å²) in [6.45, 7) is 1.85. The van der Waals surface area contributed by atoms with Gasteiger partial charge in [0.15, 0.2) is 0 Å². The van der Waals surface area contributed by atoms with Gasteiger partial charge in [-0.05, 0) is 18.6 Å². The Kier molecular flexibility index (Phi) is 2.04. The van der Waals surface area contributed by atoms with Crippen molar-refractivity contribution in [3.63, 3.8) is 0 Å². The molecule has 2 rings (SSSR count). The maximum atomic E-state index is 13.4. The number of benzene rings is 1. The summed E-state index contributed by atoms with van der Waals surface area (Å²) >= 11 is 5.90. The summed E-state index contributed by atoms with van der Waals surface area (Å²) < 4.78 is 13.4. The predicted molar refractivity (Wildman–Crippen MR) is 55.9 cm³/mol. The van der Waals surface area contributed by atoms with E-state index in [2.05, 4.69) is 4.98 Å². The molecule has 0 atom stereocenters. The van der Waals surface area contributed by atoms with Crippen LogP contribution < -0.4 is 5.73 Å². The fraction of sp³-hybridized carbons (Fsp3) is 0.100. The number of nitrogens with zero attached hydrogens (tertiary/aromatic N) is 1. The Bertz CT molecular complexity index is 511. The average molecular weight is 211 g/mol. The van der Waals surface area contributed by atoms with Gasteiger partial charge in [-0.15, -0.1) is 0 Å². The number of nitrogens with two attached hydrogens (primary N) is 1. The number of halogens is 2. The molecule has 0 saturated heterocycles. The number of nitrogen functional groups attached to an aromatic ring is 1. The summed E-state index contributed by atoms with van der Waals surface area (Å²) in [5.74, 6) is -0.393. The van der Waals surface area contributed by atoms with Crippen LogP contribution in [0.5, 0.6) is 0 Å². The van der Waals surface area contributed by atoms with Crippen LogP contribution in [-0.4, -0.2) is 4.98 Å². The molecule has 14 heavy (non-hydrogen) atoms. The maximum Gasteiger partial charge on any atom is 0.134 e. The van der Waals surface area contributed by atoms with Gasteiger partial charge < -0.3 is 5.73 Å². The monoisotopic (exact) mass is 210 g/mol. The van der Waals surface area contributed by atoms with Gasteiger partial charge in [0.25, 0.3) is 0 Å². The topological polar surface area (TPSA) is 38.9 Å². The molecular formula is C10H8ClFN2. The number of hydrogen-bond acceptors (Lipinski definition) is 2. The number of rotatable bonds is 0. The molecule has 0 aliphatic heterocycles. The molecule has 0 fully saturated rings. The lowest BCUT2D eigenvalue weighted by atomic mass is 10.1. The molecular weight excluding hydrogens is 203 g/mol. The Hall–Kier alpha value is -1.35. The van der Waals surface area contributed by atoms with Crippen molar-refractivity contribution in [3.05, 3.63) is 34.7 Å². The predicted octanol–water partition coefficient (Wildman–Crippen LogP) is 2.92. The fourth-order valence-corrected chi connectivity index (χ4v) is 1.61. The number of fused-ring (bicyclic) bond motifs is 1. The minimum atomic E-state index is -0.393. The summed E-state index contributed by atoms with van der Waals surface area (Å²) in [5.41, 5.74) is 7.28. The molecule has 0 radical (unpaired) electrons. The third-order valence-corrected chi connectivity index (χ3v) is 2.54. The van der Waals surface area contributed by atoms with E-state index in [-0.39, 0.29) is 5.02 Å². The minimum Gasteiger partial charge on any atom is -0.396 e. The van der Waals surface area contributed by atoms with Crippen molar-refractivity contribution in [1.29, 1.82) is 0 Å². The van der Waals surface area contributed by atoms with E-state index in [0.29, 0.717) is 16.6 Å². The van der Waals surface area contributed by atoms with E-state index in [4.69, 9.17) is 17.3 Å². The van der Waals surface area contributed by atoms with Crippen LogP contribution >= 0.6 is 11.6 Å². The molecule has 0 aliphatic rings. The molecule has 0 saturated carbocycles. The molecule has 0 bridgehead atoms. The number of aryl methyl sites for hydroxylation is 1. The number of hydrogen-bond donors (Lipinski definition) is 1. The molecule has 0 aliphatic carbocycles. The molecule has 2 N–H and O–H groups in total. The molecule has 1 aromatic carbocycles. The van der Waals surface area contributed by atoms with Crippen LogP contribution in [-0.2, 0) is 0 Å². The standard InChI is InChI=1S/C10H8ClFN2/c1-5-2-3-6(12)8-9(11)7(13)4-14-10(5)8/h2-4H,13H2,1H3. The zero-order valence-corrected chi connectivity index (χ0v) is 8.27. The smallest absolute Gasteiger partial charge is 0.134 e. The SMILES string of the molecule is Cc1ccc(F)c2c(Cl)c(N)cnc12. The van der Waals surface area contributed by atoms with Crippen molar-refractivity contribution in [2.45, 2.75) is 6.92 Å². The largest absolute Gasteiger partial charge is 0.396 e. The average Bonchev–Trinajstić information content (AvgIpc) is 2.16. The fourth-order valence-electron chi connectivity index (χ4n) is 1.38. The lowest BCUT2D eigenvalue weighted by Gasteiger charge is -2.06. The van der Waals surface area contributed by atoms with Gasteiger partial charge in [0.1, 0.15) is 5.82 Å². The lowest BCUT2D eigenvalue weighted by molar-refractivity contribution is 0.639. The Morgan fingerprint density at radius 2 is 2.14 bits per heavy atom. The van der Waals surface area contributed by atoms with E-state index < -0.39 is 5.82 Å². The van der Waals surface area contributed by atoms with Crippen LogP contribution in [0, 0.1) is 12.7 Å². The Morgan fingerprint density at radius 1 is 1.43 bits per heavy atom. The minimum absolute atomic E-state index is 0.233. The van der Waals surface area contributed by atoms with E-state index in [0.717, 1.165) is 5.56 Å². The van der Waals surface area contributed by atoms with E-state index in [1.54, 1.807) is 6.07 Å². The van der Waals surface area contributed by atoms with Crippen molar-refractivity contribution in [2.75, 3.05) is 5.73 Å². The first-order valence-electron chi connectivity index (χ1n) is 4.10. The van der Waals surface area contributed by atoms with Gasteiger partial charge in [-0.2, -0.15) is 0 Å². The van der Waals surface area contributed by atoms with Crippen LogP contribution in [0.2, 0.25) is 5.02 Å². The van der Waals surface area contributed by atoms with Crippen LogP contribution in [0.3, 0.4) is 0 Å². The van der Waals surface area contributed by atoms with E-state index in [1.807, 2.05) is 6.92 Å². The molecule has 0 spiro atoms. The Labute approximate surface area is 85.5 Å². The quantitative estimate of drug-likeness (QED) is 0.726. The Morgan fingerprint density at radius 3 is 2.86 bits per heavy atom. The second-order valence-corrected chi connectivity index (χ2v) is 3.49. The molecule has 0 amide bonds. The van der Waals surface area contributed by atoms with Crippen LogP contribution in [0.4, 0.5) is 10.1 Å².